The van der Waals surface area contributed by atoms with Crippen molar-refractivity contribution in [3.8, 4) is 0 Å². The molecular formula is C14H25N3O3. The lowest BCUT2D eigenvalue weighted by atomic mass is 9.93. The van der Waals surface area contributed by atoms with Crippen LogP contribution >= 0.6 is 0 Å². The number of piperidine rings is 1. The van der Waals surface area contributed by atoms with E-state index in [1.807, 2.05) is 14.0 Å². The van der Waals surface area contributed by atoms with Crippen LogP contribution in [0.4, 0.5) is 4.79 Å². The highest BCUT2D eigenvalue weighted by Gasteiger charge is 2.48. The lowest BCUT2D eigenvalue weighted by Crippen LogP contribution is -2.58. The number of carboxylic acid groups (broad SMARTS) is 1. The van der Waals surface area contributed by atoms with Gasteiger partial charge in [0.05, 0.1) is 0 Å². The number of likely N-dealkylation sites (N-methyl/N-ethyl adjacent to an activating group) is 1. The molecule has 6 nitrogen and oxygen atoms in total. The van der Waals surface area contributed by atoms with Gasteiger partial charge >= 0.3 is 12.0 Å². The number of nitrogens with zero attached hydrogens (tertiary/aromatic N) is 2. The maximum Gasteiger partial charge on any atom is 0.329 e. The first kappa shape index (κ1) is 15.1. The Kier molecular flexibility index (Phi) is 4.52. The summed E-state index contributed by atoms with van der Waals surface area (Å²) in [5.41, 5.74) is -1.01. The second-order valence-electron chi connectivity index (χ2n) is 6.00. The minimum atomic E-state index is -1.01. The van der Waals surface area contributed by atoms with Crippen LogP contribution in [0.5, 0.6) is 0 Å². The van der Waals surface area contributed by atoms with Crippen molar-refractivity contribution < 1.29 is 14.7 Å². The van der Waals surface area contributed by atoms with Gasteiger partial charge in [-0.1, -0.05) is 6.92 Å². The predicted molar refractivity (Wildman–Crippen MR) is 75.6 cm³/mol. The summed E-state index contributed by atoms with van der Waals surface area (Å²) in [5.74, 6) is -0.881. The van der Waals surface area contributed by atoms with Gasteiger partial charge in [0.1, 0.15) is 5.54 Å². The molecule has 2 aliphatic rings. The minimum Gasteiger partial charge on any atom is -0.479 e. The van der Waals surface area contributed by atoms with E-state index in [1.54, 1.807) is 0 Å². The first-order valence-corrected chi connectivity index (χ1v) is 7.49. The third kappa shape index (κ3) is 2.75. The zero-order chi connectivity index (χ0) is 14.8. The van der Waals surface area contributed by atoms with Gasteiger partial charge in [-0.05, 0) is 45.7 Å². The van der Waals surface area contributed by atoms with Gasteiger partial charge in [-0.15, -0.1) is 0 Å². The van der Waals surface area contributed by atoms with Crippen LogP contribution in [0.2, 0.25) is 0 Å². The molecule has 2 heterocycles. The van der Waals surface area contributed by atoms with Gasteiger partial charge in [0, 0.05) is 19.1 Å². The van der Waals surface area contributed by atoms with E-state index in [4.69, 9.17) is 0 Å². The Bertz CT molecular complexity index is 388. The van der Waals surface area contributed by atoms with Crippen LogP contribution < -0.4 is 5.32 Å². The van der Waals surface area contributed by atoms with Gasteiger partial charge in [0.2, 0.25) is 0 Å². The van der Waals surface area contributed by atoms with Crippen molar-refractivity contribution in [2.24, 2.45) is 0 Å². The van der Waals surface area contributed by atoms with Crippen molar-refractivity contribution in [3.63, 3.8) is 0 Å². The van der Waals surface area contributed by atoms with Crippen molar-refractivity contribution in [2.75, 3.05) is 26.7 Å². The summed E-state index contributed by atoms with van der Waals surface area (Å²) in [5, 5.41) is 12.5. The number of hydrogen-bond acceptors (Lipinski definition) is 3. The Morgan fingerprint density at radius 3 is 2.70 bits per heavy atom. The normalized spacial score (nSPS) is 31.3. The number of urea groups is 1. The molecule has 6 heteroatoms. The zero-order valence-electron chi connectivity index (χ0n) is 12.4. The highest BCUT2D eigenvalue weighted by molar-refractivity contribution is 5.87. The molecule has 2 saturated heterocycles. The van der Waals surface area contributed by atoms with Crippen LogP contribution in [0.15, 0.2) is 0 Å². The van der Waals surface area contributed by atoms with E-state index in [2.05, 4.69) is 10.2 Å². The molecule has 0 bridgehead atoms. The second-order valence-corrected chi connectivity index (χ2v) is 6.00. The highest BCUT2D eigenvalue weighted by Crippen LogP contribution is 2.32. The fourth-order valence-corrected chi connectivity index (χ4v) is 3.45. The first-order valence-electron chi connectivity index (χ1n) is 7.49. The van der Waals surface area contributed by atoms with Crippen LogP contribution in [0, 0.1) is 0 Å². The molecule has 0 spiro atoms. The molecule has 0 radical (unpaired) electrons. The van der Waals surface area contributed by atoms with E-state index in [9.17, 15) is 14.7 Å². The SMILES string of the molecule is CCC1(C(=O)O)CCCN1C(=O)NC1CCCN(C)C1. The molecule has 114 valence electrons. The average molecular weight is 283 g/mol. The summed E-state index contributed by atoms with van der Waals surface area (Å²) in [6.45, 7) is 4.28. The molecule has 2 unspecified atom stereocenters. The molecule has 2 fully saturated rings. The van der Waals surface area contributed by atoms with Crippen molar-refractivity contribution in [3.05, 3.63) is 0 Å². The predicted octanol–water partition coefficient (Wildman–Crippen LogP) is 1.12. The van der Waals surface area contributed by atoms with Crippen LogP contribution in [0.25, 0.3) is 0 Å². The Balaban J connectivity index is 2.02. The maximum absolute atomic E-state index is 12.4. The lowest BCUT2D eigenvalue weighted by molar-refractivity contribution is -0.148. The van der Waals surface area contributed by atoms with E-state index >= 15 is 0 Å². The number of hydrogen-bond donors (Lipinski definition) is 2. The van der Waals surface area contributed by atoms with E-state index < -0.39 is 11.5 Å². The summed E-state index contributed by atoms with van der Waals surface area (Å²) < 4.78 is 0. The number of carbonyl (C=O) groups excluding carboxylic acids is 1. The van der Waals surface area contributed by atoms with Crippen LogP contribution in [-0.4, -0.2) is 65.2 Å². The largest absolute Gasteiger partial charge is 0.479 e. The number of likely N-dealkylation sites (tertiary alicyclic amines) is 2. The molecule has 2 atom stereocenters. The Morgan fingerprint density at radius 2 is 2.10 bits per heavy atom. The summed E-state index contributed by atoms with van der Waals surface area (Å²) in [6.07, 6.45) is 3.81. The molecular weight excluding hydrogens is 258 g/mol. The van der Waals surface area contributed by atoms with Crippen molar-refractivity contribution in [1.29, 1.82) is 0 Å². The monoisotopic (exact) mass is 283 g/mol. The average Bonchev–Trinajstić information content (AvgIpc) is 2.83. The molecule has 0 aromatic heterocycles. The Labute approximate surface area is 120 Å². The molecule has 2 aliphatic heterocycles. The van der Waals surface area contributed by atoms with Crippen LogP contribution in [0.3, 0.4) is 0 Å². The van der Waals surface area contributed by atoms with Gasteiger partial charge in [-0.3, -0.25) is 0 Å². The topological polar surface area (TPSA) is 72.9 Å². The molecule has 0 aromatic carbocycles. The third-order valence-electron chi connectivity index (χ3n) is 4.67. The highest BCUT2D eigenvalue weighted by atomic mass is 16.4. The van der Waals surface area contributed by atoms with Gasteiger partial charge < -0.3 is 20.2 Å². The van der Waals surface area contributed by atoms with E-state index in [0.717, 1.165) is 32.4 Å². The molecule has 2 rings (SSSR count). The number of nitrogens with one attached hydrogen (secondary N) is 1. The maximum atomic E-state index is 12.4. The Hall–Kier alpha value is -1.30. The fourth-order valence-electron chi connectivity index (χ4n) is 3.45. The molecule has 2 N–H and O–H groups in total. The van der Waals surface area contributed by atoms with Crippen molar-refractivity contribution in [1.82, 2.24) is 15.1 Å². The van der Waals surface area contributed by atoms with E-state index in [0.29, 0.717) is 19.4 Å². The smallest absolute Gasteiger partial charge is 0.329 e. The molecule has 0 aliphatic carbocycles. The molecule has 20 heavy (non-hydrogen) atoms. The Morgan fingerprint density at radius 1 is 1.35 bits per heavy atom. The van der Waals surface area contributed by atoms with Gasteiger partial charge in [0.25, 0.3) is 0 Å². The summed E-state index contributed by atoms with van der Waals surface area (Å²) in [7, 11) is 2.04. The van der Waals surface area contributed by atoms with Crippen LogP contribution in [0.1, 0.15) is 39.0 Å². The van der Waals surface area contributed by atoms with Gasteiger partial charge in [-0.2, -0.15) is 0 Å². The first-order chi connectivity index (χ1) is 9.49. The zero-order valence-corrected chi connectivity index (χ0v) is 12.4. The standard InChI is InChI=1S/C14H25N3O3/c1-3-14(12(18)19)7-5-9-17(14)13(20)15-11-6-4-8-16(2)10-11/h11H,3-10H2,1-2H3,(H,15,20)(H,18,19). The lowest BCUT2D eigenvalue weighted by Gasteiger charge is -2.36. The van der Waals surface area contributed by atoms with Gasteiger partial charge in [0.15, 0.2) is 0 Å². The third-order valence-corrected chi connectivity index (χ3v) is 4.67. The molecule has 0 saturated carbocycles. The second kappa shape index (κ2) is 5.99. The minimum absolute atomic E-state index is 0.130. The summed E-state index contributed by atoms with van der Waals surface area (Å²) in [4.78, 5) is 27.7. The number of carbonyl (C=O) groups is 2. The summed E-state index contributed by atoms with van der Waals surface area (Å²) >= 11 is 0. The van der Waals surface area contributed by atoms with E-state index in [1.165, 1.54) is 4.90 Å². The molecule has 0 aromatic rings. The van der Waals surface area contributed by atoms with Crippen molar-refractivity contribution in [2.45, 2.75) is 50.6 Å². The number of aliphatic carboxylic acids is 1. The van der Waals surface area contributed by atoms with E-state index in [-0.39, 0.29) is 12.1 Å². The quantitative estimate of drug-likeness (QED) is 0.814. The summed E-state index contributed by atoms with van der Waals surface area (Å²) in [6, 6.07) is -0.0859. The van der Waals surface area contributed by atoms with Crippen molar-refractivity contribution >= 4 is 12.0 Å². The number of rotatable bonds is 3. The van der Waals surface area contributed by atoms with Gasteiger partial charge in [-0.25, -0.2) is 9.59 Å². The molecule has 2 amide bonds. The van der Waals surface area contributed by atoms with Crippen LogP contribution in [-0.2, 0) is 4.79 Å². The number of carboxylic acids is 1. The fraction of sp³-hybridized carbons (Fsp3) is 0.857. The number of amides is 2.